The summed E-state index contributed by atoms with van der Waals surface area (Å²) >= 11 is 5.44. The Kier molecular flexibility index (Phi) is 2.35. The monoisotopic (exact) mass is 210 g/mol. The van der Waals surface area contributed by atoms with Gasteiger partial charge < -0.3 is 9.64 Å². The summed E-state index contributed by atoms with van der Waals surface area (Å²) < 4.78 is 5.43. The van der Waals surface area contributed by atoms with Crippen molar-refractivity contribution in [2.45, 2.75) is 6.54 Å². The maximum atomic E-state index is 5.44. The molecule has 0 saturated heterocycles. The molecule has 0 bridgehead atoms. The number of nitrogens with one attached hydrogen (secondary N) is 1. The van der Waals surface area contributed by atoms with Gasteiger partial charge in [-0.05, 0) is 36.1 Å². The van der Waals surface area contributed by atoms with E-state index in [0.29, 0.717) is 12.4 Å². The third kappa shape index (κ3) is 1.45. The molecule has 4 heteroatoms. The first-order chi connectivity index (χ1) is 6.72. The van der Waals surface area contributed by atoms with Crippen molar-refractivity contribution >= 4 is 17.5 Å². The highest BCUT2D eigenvalue weighted by Gasteiger charge is 2.21. The number of rotatable bonds is 2. The van der Waals surface area contributed by atoms with Crippen LogP contribution in [0.1, 0.15) is 5.56 Å². The Morgan fingerprint density at radius 2 is 2.36 bits per heavy atom. The minimum Gasteiger partial charge on any atom is -0.439 e. The van der Waals surface area contributed by atoms with E-state index in [9.17, 15) is 0 Å². The van der Waals surface area contributed by atoms with Gasteiger partial charge in [0.25, 0.3) is 0 Å². The highest BCUT2D eigenvalue weighted by Crippen LogP contribution is 2.37. The topological polar surface area (TPSA) is 24.5 Å². The highest BCUT2D eigenvalue weighted by molar-refractivity contribution is 6.13. The Bertz CT molecular complexity index is 378. The molecule has 1 heterocycles. The SMILES string of the molecule is C=C1Oc2ccc(CNCl)cc2N1C. The van der Waals surface area contributed by atoms with Crippen LogP contribution in [0.25, 0.3) is 0 Å². The van der Waals surface area contributed by atoms with Gasteiger partial charge in [-0.3, -0.25) is 0 Å². The fourth-order valence-corrected chi connectivity index (χ4v) is 1.58. The van der Waals surface area contributed by atoms with Crippen molar-refractivity contribution in [3.8, 4) is 5.75 Å². The zero-order chi connectivity index (χ0) is 10.1. The van der Waals surface area contributed by atoms with Crippen LogP contribution in [0, 0.1) is 0 Å². The number of nitrogens with zero attached hydrogens (tertiary/aromatic N) is 1. The molecular formula is C10H11ClN2O. The Morgan fingerprint density at radius 3 is 3.07 bits per heavy atom. The van der Waals surface area contributed by atoms with E-state index in [1.54, 1.807) is 0 Å². The molecule has 0 unspecified atom stereocenters. The van der Waals surface area contributed by atoms with Crippen LogP contribution >= 0.6 is 11.8 Å². The number of halogens is 1. The summed E-state index contributed by atoms with van der Waals surface area (Å²) in [5.41, 5.74) is 2.14. The molecular weight excluding hydrogens is 200 g/mol. The number of hydrogen-bond donors (Lipinski definition) is 1. The minimum absolute atomic E-state index is 0.634. The molecule has 0 radical (unpaired) electrons. The quantitative estimate of drug-likeness (QED) is 0.758. The normalized spacial score (nSPS) is 14.1. The van der Waals surface area contributed by atoms with Gasteiger partial charge in [0.15, 0.2) is 11.6 Å². The lowest BCUT2D eigenvalue weighted by Gasteiger charge is -2.09. The summed E-state index contributed by atoms with van der Waals surface area (Å²) in [6.07, 6.45) is 0. The first-order valence-electron chi connectivity index (χ1n) is 4.29. The van der Waals surface area contributed by atoms with Gasteiger partial charge in [0, 0.05) is 13.6 Å². The van der Waals surface area contributed by atoms with E-state index in [1.165, 1.54) is 0 Å². The summed E-state index contributed by atoms with van der Waals surface area (Å²) in [6.45, 7) is 4.42. The number of ether oxygens (including phenoxy) is 1. The van der Waals surface area contributed by atoms with Crippen molar-refractivity contribution in [2.75, 3.05) is 11.9 Å². The molecule has 2 rings (SSSR count). The van der Waals surface area contributed by atoms with E-state index in [1.807, 2.05) is 30.1 Å². The van der Waals surface area contributed by atoms with Crippen molar-refractivity contribution in [3.63, 3.8) is 0 Å². The van der Waals surface area contributed by atoms with Gasteiger partial charge in [0.05, 0.1) is 5.69 Å². The standard InChI is InChI=1S/C10H11ClN2O/c1-7-13(2)9-5-8(6-12-11)3-4-10(9)14-7/h3-5,12H,1,6H2,2H3. The molecule has 1 aromatic rings. The lowest BCUT2D eigenvalue weighted by molar-refractivity contribution is 0.446. The van der Waals surface area contributed by atoms with Gasteiger partial charge in [-0.25, -0.2) is 4.84 Å². The van der Waals surface area contributed by atoms with Crippen LogP contribution in [0.3, 0.4) is 0 Å². The second-order valence-electron chi connectivity index (χ2n) is 3.17. The van der Waals surface area contributed by atoms with Crippen molar-refractivity contribution in [1.82, 2.24) is 4.84 Å². The van der Waals surface area contributed by atoms with Gasteiger partial charge >= 0.3 is 0 Å². The lowest BCUT2D eigenvalue weighted by atomic mass is 10.2. The zero-order valence-electron chi connectivity index (χ0n) is 7.88. The molecule has 0 fully saturated rings. The molecule has 0 aliphatic carbocycles. The Balaban J connectivity index is 2.36. The van der Waals surface area contributed by atoms with Crippen molar-refractivity contribution in [1.29, 1.82) is 0 Å². The fraction of sp³-hybridized carbons (Fsp3) is 0.200. The molecule has 3 nitrogen and oxygen atoms in total. The molecule has 1 aromatic carbocycles. The van der Waals surface area contributed by atoms with Crippen molar-refractivity contribution < 1.29 is 4.74 Å². The highest BCUT2D eigenvalue weighted by atomic mass is 35.5. The molecule has 0 aromatic heterocycles. The lowest BCUT2D eigenvalue weighted by Crippen LogP contribution is -2.11. The maximum absolute atomic E-state index is 5.44. The molecule has 14 heavy (non-hydrogen) atoms. The van der Waals surface area contributed by atoms with Crippen LogP contribution in [-0.4, -0.2) is 7.05 Å². The average Bonchev–Trinajstić information content (AvgIpc) is 2.45. The van der Waals surface area contributed by atoms with E-state index in [-0.39, 0.29) is 0 Å². The third-order valence-corrected chi connectivity index (χ3v) is 2.39. The Morgan fingerprint density at radius 1 is 1.57 bits per heavy atom. The molecule has 1 aliphatic rings. The van der Waals surface area contributed by atoms with Crippen LogP contribution in [0.2, 0.25) is 0 Å². The van der Waals surface area contributed by atoms with Gasteiger partial charge in [0.1, 0.15) is 0 Å². The Hall–Kier alpha value is -1.19. The molecule has 0 saturated carbocycles. The second-order valence-corrected chi connectivity index (χ2v) is 3.43. The molecule has 0 atom stereocenters. The van der Waals surface area contributed by atoms with Crippen molar-refractivity contribution in [2.24, 2.45) is 0 Å². The summed E-state index contributed by atoms with van der Waals surface area (Å²) in [7, 11) is 1.92. The van der Waals surface area contributed by atoms with Gasteiger partial charge in [0.2, 0.25) is 0 Å². The second kappa shape index (κ2) is 3.52. The Labute approximate surface area is 88.0 Å². The van der Waals surface area contributed by atoms with E-state index < -0.39 is 0 Å². The zero-order valence-corrected chi connectivity index (χ0v) is 8.64. The predicted molar refractivity (Wildman–Crippen MR) is 57.3 cm³/mol. The molecule has 1 aliphatic heterocycles. The summed E-state index contributed by atoms with van der Waals surface area (Å²) in [6, 6.07) is 5.93. The van der Waals surface area contributed by atoms with Gasteiger partial charge in [-0.2, -0.15) is 0 Å². The molecule has 0 spiro atoms. The van der Waals surface area contributed by atoms with Crippen LogP contribution in [0.4, 0.5) is 5.69 Å². The van der Waals surface area contributed by atoms with Gasteiger partial charge in [-0.15, -0.1) is 0 Å². The predicted octanol–water partition coefficient (Wildman–Crippen LogP) is 2.23. The average molecular weight is 211 g/mol. The van der Waals surface area contributed by atoms with E-state index >= 15 is 0 Å². The largest absolute Gasteiger partial charge is 0.439 e. The summed E-state index contributed by atoms with van der Waals surface area (Å²) in [5.74, 6) is 1.49. The number of anilines is 1. The van der Waals surface area contributed by atoms with Crippen LogP contribution in [0.5, 0.6) is 5.75 Å². The third-order valence-electron chi connectivity index (χ3n) is 2.26. The first kappa shape index (κ1) is 9.37. The minimum atomic E-state index is 0.634. The molecule has 1 N–H and O–H groups in total. The van der Waals surface area contributed by atoms with Gasteiger partial charge in [-0.1, -0.05) is 6.07 Å². The number of fused-ring (bicyclic) bond motifs is 1. The molecule has 74 valence electrons. The first-order valence-corrected chi connectivity index (χ1v) is 4.67. The van der Waals surface area contributed by atoms with Crippen LogP contribution in [-0.2, 0) is 6.54 Å². The van der Waals surface area contributed by atoms with E-state index in [0.717, 1.165) is 17.0 Å². The van der Waals surface area contributed by atoms with Crippen LogP contribution < -0.4 is 14.5 Å². The summed E-state index contributed by atoms with van der Waals surface area (Å²) in [5, 5.41) is 0. The van der Waals surface area contributed by atoms with Crippen LogP contribution in [0.15, 0.2) is 30.7 Å². The number of benzene rings is 1. The summed E-state index contributed by atoms with van der Waals surface area (Å²) in [4.78, 5) is 4.50. The fourth-order valence-electron chi connectivity index (χ4n) is 1.43. The van der Waals surface area contributed by atoms with Crippen molar-refractivity contribution in [3.05, 3.63) is 36.2 Å². The smallest absolute Gasteiger partial charge is 0.193 e. The molecule has 0 amide bonds. The number of hydrogen-bond acceptors (Lipinski definition) is 3. The van der Waals surface area contributed by atoms with E-state index in [4.69, 9.17) is 16.5 Å². The maximum Gasteiger partial charge on any atom is 0.193 e. The van der Waals surface area contributed by atoms with E-state index in [2.05, 4.69) is 11.4 Å².